The number of hydrogen-bond donors (Lipinski definition) is 1. The van der Waals surface area contributed by atoms with Crippen molar-refractivity contribution in [2.75, 3.05) is 39.1 Å². The molecule has 106 valence electrons. The first-order valence-corrected chi connectivity index (χ1v) is 6.42. The molecule has 0 aliphatic carbocycles. The summed E-state index contributed by atoms with van der Waals surface area (Å²) in [5.41, 5.74) is 6.30. The van der Waals surface area contributed by atoms with Crippen LogP contribution in [0.3, 0.4) is 0 Å². The van der Waals surface area contributed by atoms with Gasteiger partial charge < -0.3 is 20.1 Å². The lowest BCUT2D eigenvalue weighted by molar-refractivity contribution is -0.132. The lowest BCUT2D eigenvalue weighted by Gasteiger charge is -2.20. The quantitative estimate of drug-likeness (QED) is 0.725. The monoisotopic (exact) mass is 266 g/mol. The highest BCUT2D eigenvalue weighted by molar-refractivity contribution is 5.76. The van der Waals surface area contributed by atoms with Gasteiger partial charge in [0.2, 0.25) is 5.91 Å². The minimum atomic E-state index is 0.0726. The molecule has 1 aromatic carbocycles. The number of benzene rings is 1. The smallest absolute Gasteiger partial charge is 0.226 e. The molecule has 0 atom stereocenters. The highest BCUT2D eigenvalue weighted by Gasteiger charge is 2.11. The summed E-state index contributed by atoms with van der Waals surface area (Å²) in [4.78, 5) is 13.7. The summed E-state index contributed by atoms with van der Waals surface area (Å²) < 4.78 is 10.5. The predicted octanol–water partition coefficient (Wildman–Crippen LogP) is 1.53. The van der Waals surface area contributed by atoms with Crippen molar-refractivity contribution < 1.29 is 14.3 Å². The summed E-state index contributed by atoms with van der Waals surface area (Å²) in [6.07, 6.45) is 0.354. The van der Waals surface area contributed by atoms with E-state index >= 15 is 0 Å². The van der Waals surface area contributed by atoms with Gasteiger partial charge in [0.05, 0.1) is 19.6 Å². The van der Waals surface area contributed by atoms with Crippen molar-refractivity contribution in [2.45, 2.75) is 13.3 Å². The number of nitrogen functional groups attached to an aromatic ring is 1. The highest BCUT2D eigenvalue weighted by atomic mass is 16.5. The second kappa shape index (κ2) is 8.37. The minimum absolute atomic E-state index is 0.0726. The van der Waals surface area contributed by atoms with Gasteiger partial charge in [-0.1, -0.05) is 6.07 Å². The molecule has 0 spiro atoms. The molecule has 0 saturated heterocycles. The fourth-order valence-corrected chi connectivity index (χ4v) is 1.68. The van der Waals surface area contributed by atoms with Gasteiger partial charge >= 0.3 is 0 Å². The lowest BCUT2D eigenvalue weighted by Crippen LogP contribution is -2.34. The molecule has 5 nitrogen and oxygen atoms in total. The van der Waals surface area contributed by atoms with Crippen LogP contribution >= 0.6 is 0 Å². The van der Waals surface area contributed by atoms with Crippen LogP contribution in [0.1, 0.15) is 13.3 Å². The molecule has 0 radical (unpaired) electrons. The van der Waals surface area contributed by atoms with Crippen LogP contribution in [-0.2, 0) is 9.53 Å². The maximum atomic E-state index is 11.9. The number of carbonyl (C=O) groups is 1. The Morgan fingerprint density at radius 1 is 1.37 bits per heavy atom. The van der Waals surface area contributed by atoms with E-state index in [0.717, 1.165) is 0 Å². The Hall–Kier alpha value is -1.75. The molecule has 0 aliphatic heterocycles. The summed E-state index contributed by atoms with van der Waals surface area (Å²) in [7, 11) is 1.63. The van der Waals surface area contributed by atoms with Crippen molar-refractivity contribution in [1.29, 1.82) is 0 Å². The van der Waals surface area contributed by atoms with E-state index in [0.29, 0.717) is 44.2 Å². The Morgan fingerprint density at radius 3 is 2.79 bits per heavy atom. The number of amides is 1. The lowest BCUT2D eigenvalue weighted by atomic mass is 10.3. The Labute approximate surface area is 114 Å². The Kier molecular flexibility index (Phi) is 6.74. The number of hydrogen-bond acceptors (Lipinski definition) is 4. The van der Waals surface area contributed by atoms with Crippen molar-refractivity contribution >= 4 is 11.6 Å². The molecule has 2 N–H and O–H groups in total. The largest absolute Gasteiger partial charge is 0.493 e. The van der Waals surface area contributed by atoms with Crippen LogP contribution in [-0.4, -0.2) is 44.2 Å². The molecule has 5 heteroatoms. The molecule has 0 saturated carbocycles. The maximum absolute atomic E-state index is 11.9. The summed E-state index contributed by atoms with van der Waals surface area (Å²) in [6, 6.07) is 7.18. The van der Waals surface area contributed by atoms with Gasteiger partial charge in [0.15, 0.2) is 0 Å². The molecule has 1 rings (SSSR count). The second-order valence-electron chi connectivity index (χ2n) is 4.14. The number of nitrogens with zero attached hydrogens (tertiary/aromatic N) is 1. The second-order valence-corrected chi connectivity index (χ2v) is 4.14. The number of ether oxygens (including phenoxy) is 2. The number of rotatable bonds is 8. The van der Waals surface area contributed by atoms with Crippen LogP contribution in [0.2, 0.25) is 0 Å². The van der Waals surface area contributed by atoms with Crippen LogP contribution in [0, 0.1) is 0 Å². The maximum Gasteiger partial charge on any atom is 0.226 e. The van der Waals surface area contributed by atoms with Gasteiger partial charge in [0.25, 0.3) is 0 Å². The van der Waals surface area contributed by atoms with Crippen LogP contribution in [0.5, 0.6) is 5.75 Å². The SMILES string of the molecule is CCN(CCOC)C(=O)CCOc1cccc(N)c1. The Bertz CT molecular complexity index is 396. The fraction of sp³-hybridized carbons (Fsp3) is 0.500. The molecule has 1 aromatic rings. The Morgan fingerprint density at radius 2 is 2.16 bits per heavy atom. The summed E-state index contributed by atoms with van der Waals surface area (Å²) in [6.45, 7) is 4.15. The van der Waals surface area contributed by atoms with E-state index in [1.165, 1.54) is 0 Å². The Balaban J connectivity index is 2.33. The summed E-state index contributed by atoms with van der Waals surface area (Å²) in [5.74, 6) is 0.760. The van der Waals surface area contributed by atoms with Crippen molar-refractivity contribution in [3.8, 4) is 5.75 Å². The van der Waals surface area contributed by atoms with Crippen LogP contribution in [0.4, 0.5) is 5.69 Å². The number of anilines is 1. The van der Waals surface area contributed by atoms with Gasteiger partial charge in [-0.2, -0.15) is 0 Å². The van der Waals surface area contributed by atoms with Crippen LogP contribution < -0.4 is 10.5 Å². The summed E-state index contributed by atoms with van der Waals surface area (Å²) in [5, 5.41) is 0. The molecule has 0 fully saturated rings. The van der Waals surface area contributed by atoms with Crippen LogP contribution in [0.15, 0.2) is 24.3 Å². The zero-order chi connectivity index (χ0) is 14.1. The fourth-order valence-electron chi connectivity index (χ4n) is 1.68. The first-order chi connectivity index (χ1) is 9.17. The molecular formula is C14H22N2O3. The standard InChI is InChI=1S/C14H22N2O3/c1-3-16(8-10-18-2)14(17)7-9-19-13-6-4-5-12(15)11-13/h4-6,11H,3,7-10,15H2,1-2H3. The molecule has 19 heavy (non-hydrogen) atoms. The van der Waals surface area contributed by atoms with Gasteiger partial charge in [-0.3, -0.25) is 4.79 Å². The first-order valence-electron chi connectivity index (χ1n) is 6.42. The van der Waals surface area contributed by atoms with Crippen LogP contribution in [0.25, 0.3) is 0 Å². The first kappa shape index (κ1) is 15.3. The predicted molar refractivity (Wildman–Crippen MR) is 75.1 cm³/mol. The van der Waals surface area contributed by atoms with Crippen molar-refractivity contribution in [3.05, 3.63) is 24.3 Å². The van der Waals surface area contributed by atoms with E-state index < -0.39 is 0 Å². The number of nitrogens with two attached hydrogens (primary N) is 1. The van der Waals surface area contributed by atoms with Gasteiger partial charge in [-0.15, -0.1) is 0 Å². The third kappa shape index (κ3) is 5.61. The normalized spacial score (nSPS) is 10.2. The van der Waals surface area contributed by atoms with E-state index in [1.807, 2.05) is 19.1 Å². The van der Waals surface area contributed by atoms with E-state index in [-0.39, 0.29) is 5.91 Å². The molecular weight excluding hydrogens is 244 g/mol. The molecule has 0 bridgehead atoms. The van der Waals surface area contributed by atoms with Gasteiger partial charge in [-0.05, 0) is 19.1 Å². The molecule has 0 heterocycles. The highest BCUT2D eigenvalue weighted by Crippen LogP contribution is 2.14. The van der Waals surface area contributed by atoms with Gasteiger partial charge in [-0.25, -0.2) is 0 Å². The molecule has 0 aliphatic rings. The zero-order valence-electron chi connectivity index (χ0n) is 11.6. The zero-order valence-corrected chi connectivity index (χ0v) is 11.6. The van der Waals surface area contributed by atoms with E-state index in [1.54, 1.807) is 24.1 Å². The minimum Gasteiger partial charge on any atom is -0.493 e. The van der Waals surface area contributed by atoms with Crippen molar-refractivity contribution in [2.24, 2.45) is 0 Å². The van der Waals surface area contributed by atoms with E-state index in [2.05, 4.69) is 0 Å². The van der Waals surface area contributed by atoms with Crippen molar-refractivity contribution in [3.63, 3.8) is 0 Å². The number of likely N-dealkylation sites (N-methyl/N-ethyl adjacent to an activating group) is 1. The molecule has 0 unspecified atom stereocenters. The molecule has 1 amide bonds. The number of methoxy groups -OCH3 is 1. The van der Waals surface area contributed by atoms with Crippen molar-refractivity contribution in [1.82, 2.24) is 4.90 Å². The molecule has 0 aromatic heterocycles. The number of carbonyl (C=O) groups excluding carboxylic acids is 1. The van der Waals surface area contributed by atoms with Gasteiger partial charge in [0.1, 0.15) is 5.75 Å². The van der Waals surface area contributed by atoms with E-state index in [4.69, 9.17) is 15.2 Å². The average Bonchev–Trinajstić information content (AvgIpc) is 2.39. The summed E-state index contributed by atoms with van der Waals surface area (Å²) >= 11 is 0. The van der Waals surface area contributed by atoms with E-state index in [9.17, 15) is 4.79 Å². The topological polar surface area (TPSA) is 64.8 Å². The third-order valence-electron chi connectivity index (χ3n) is 2.74. The van der Waals surface area contributed by atoms with Gasteiger partial charge in [0, 0.05) is 32.0 Å². The average molecular weight is 266 g/mol. The third-order valence-corrected chi connectivity index (χ3v) is 2.74.